The predicted molar refractivity (Wildman–Crippen MR) is 68.7 cm³/mol. The Morgan fingerprint density at radius 1 is 1.28 bits per heavy atom. The molecule has 0 aliphatic carbocycles. The van der Waals surface area contributed by atoms with Crippen LogP contribution in [0, 0.1) is 5.82 Å². The zero-order chi connectivity index (χ0) is 13.2. The van der Waals surface area contributed by atoms with Crippen LogP contribution in [-0.4, -0.2) is 17.8 Å². The van der Waals surface area contributed by atoms with E-state index in [1.54, 1.807) is 12.1 Å². The highest BCUT2D eigenvalue weighted by Gasteiger charge is 2.34. The molecule has 1 aliphatic heterocycles. The molecule has 0 radical (unpaired) electrons. The number of allylic oxidation sites excluding steroid dienone is 1. The van der Waals surface area contributed by atoms with Crippen molar-refractivity contribution in [2.75, 3.05) is 6.61 Å². The molecule has 1 N–H and O–H groups in total. The molecule has 3 heteroatoms. The van der Waals surface area contributed by atoms with E-state index in [1.807, 2.05) is 19.9 Å². The Labute approximate surface area is 107 Å². The Kier molecular flexibility index (Phi) is 3.71. The molecule has 1 atom stereocenters. The average molecular weight is 250 g/mol. The number of aliphatic hydroxyl groups is 1. The molecule has 0 amide bonds. The number of benzene rings is 1. The van der Waals surface area contributed by atoms with Gasteiger partial charge in [-0.25, -0.2) is 4.39 Å². The van der Waals surface area contributed by atoms with Crippen LogP contribution in [-0.2, 0) is 10.2 Å². The highest BCUT2D eigenvalue weighted by atomic mass is 19.1. The van der Waals surface area contributed by atoms with Crippen molar-refractivity contribution >= 4 is 0 Å². The van der Waals surface area contributed by atoms with Gasteiger partial charge in [0.2, 0.25) is 0 Å². The lowest BCUT2D eigenvalue weighted by Gasteiger charge is -2.33. The predicted octanol–water partition coefficient (Wildman–Crippen LogP) is 3.16. The summed E-state index contributed by atoms with van der Waals surface area (Å²) < 4.78 is 18.4. The Balaban J connectivity index is 2.24. The van der Waals surface area contributed by atoms with Crippen molar-refractivity contribution in [3.63, 3.8) is 0 Å². The summed E-state index contributed by atoms with van der Waals surface area (Å²) >= 11 is 0. The first-order chi connectivity index (χ1) is 8.51. The van der Waals surface area contributed by atoms with Crippen LogP contribution >= 0.6 is 0 Å². The zero-order valence-corrected chi connectivity index (χ0v) is 10.8. The summed E-state index contributed by atoms with van der Waals surface area (Å²) in [6.45, 7) is 4.52. The molecule has 1 aromatic rings. The van der Waals surface area contributed by atoms with Crippen LogP contribution < -0.4 is 0 Å². The fraction of sp³-hybridized carbons (Fsp3) is 0.467. The second-order valence-corrected chi connectivity index (χ2v) is 5.23. The third kappa shape index (κ3) is 2.56. The van der Waals surface area contributed by atoms with E-state index in [2.05, 4.69) is 0 Å². The fourth-order valence-electron chi connectivity index (χ4n) is 2.16. The van der Waals surface area contributed by atoms with Crippen LogP contribution in [0.5, 0.6) is 0 Å². The topological polar surface area (TPSA) is 29.5 Å². The summed E-state index contributed by atoms with van der Waals surface area (Å²) in [5, 5.41) is 10.4. The van der Waals surface area contributed by atoms with Crippen molar-refractivity contribution in [2.24, 2.45) is 0 Å². The van der Waals surface area contributed by atoms with E-state index >= 15 is 0 Å². The first-order valence-corrected chi connectivity index (χ1v) is 6.29. The van der Waals surface area contributed by atoms with E-state index in [1.165, 1.54) is 12.1 Å². The Hall–Kier alpha value is -1.35. The second-order valence-electron chi connectivity index (χ2n) is 5.23. The first-order valence-electron chi connectivity index (χ1n) is 6.29. The lowest BCUT2D eigenvalue weighted by atomic mass is 9.78. The van der Waals surface area contributed by atoms with Crippen LogP contribution in [0.3, 0.4) is 0 Å². The quantitative estimate of drug-likeness (QED) is 0.893. The van der Waals surface area contributed by atoms with E-state index in [9.17, 15) is 9.50 Å². The average Bonchev–Trinajstić information content (AvgIpc) is 2.39. The molecule has 1 unspecified atom stereocenters. The van der Waals surface area contributed by atoms with Gasteiger partial charge in [-0.1, -0.05) is 26.0 Å². The van der Waals surface area contributed by atoms with Gasteiger partial charge in [0.25, 0.3) is 0 Å². The third-order valence-corrected chi connectivity index (χ3v) is 3.50. The minimum Gasteiger partial charge on any atom is -0.495 e. The van der Waals surface area contributed by atoms with E-state index in [-0.39, 0.29) is 5.82 Å². The van der Waals surface area contributed by atoms with Crippen LogP contribution in [0.15, 0.2) is 36.1 Å². The molecule has 2 nitrogen and oxygen atoms in total. The Morgan fingerprint density at radius 2 is 1.94 bits per heavy atom. The van der Waals surface area contributed by atoms with Gasteiger partial charge >= 0.3 is 0 Å². The summed E-state index contributed by atoms with van der Waals surface area (Å²) in [7, 11) is 0. The van der Waals surface area contributed by atoms with Gasteiger partial charge in [-0.05, 0) is 36.6 Å². The molecule has 1 heterocycles. The zero-order valence-electron chi connectivity index (χ0n) is 10.8. The molecule has 0 spiro atoms. The molecule has 2 rings (SSSR count). The van der Waals surface area contributed by atoms with Crippen LogP contribution in [0.25, 0.3) is 0 Å². The van der Waals surface area contributed by atoms with Crippen molar-refractivity contribution in [1.82, 2.24) is 0 Å². The van der Waals surface area contributed by atoms with E-state index in [4.69, 9.17) is 4.74 Å². The maximum absolute atomic E-state index is 12.9. The molecule has 1 aromatic carbocycles. The lowest BCUT2D eigenvalue weighted by Crippen LogP contribution is -2.36. The summed E-state index contributed by atoms with van der Waals surface area (Å²) in [4.78, 5) is 0. The normalized spacial score (nSPS) is 17.9. The molecule has 0 fully saturated rings. The van der Waals surface area contributed by atoms with Gasteiger partial charge < -0.3 is 9.84 Å². The van der Waals surface area contributed by atoms with Gasteiger partial charge in [0, 0.05) is 5.41 Å². The second kappa shape index (κ2) is 5.11. The summed E-state index contributed by atoms with van der Waals surface area (Å²) in [6.07, 6.45) is 3.17. The standard InChI is InChI=1S/C15H19FO2/c1-15(2,11-6-8-12(16)9-7-11)14(17)13-5-3-4-10-18-13/h5-9,14,17H,3-4,10H2,1-2H3. The molecule has 0 saturated heterocycles. The first kappa shape index (κ1) is 13.1. The number of rotatable bonds is 3. The van der Waals surface area contributed by atoms with Gasteiger partial charge in [-0.15, -0.1) is 0 Å². The summed E-state index contributed by atoms with van der Waals surface area (Å²) in [6, 6.07) is 6.25. The van der Waals surface area contributed by atoms with E-state index in [0.717, 1.165) is 18.4 Å². The van der Waals surface area contributed by atoms with Crippen LogP contribution in [0.1, 0.15) is 32.3 Å². The monoisotopic (exact) mass is 250 g/mol. The third-order valence-electron chi connectivity index (χ3n) is 3.50. The maximum atomic E-state index is 12.9. The lowest BCUT2D eigenvalue weighted by molar-refractivity contribution is 0.0501. The van der Waals surface area contributed by atoms with Crippen molar-refractivity contribution in [3.8, 4) is 0 Å². The van der Waals surface area contributed by atoms with Gasteiger partial charge in [0.1, 0.15) is 17.7 Å². The summed E-state index contributed by atoms with van der Waals surface area (Å²) in [5.74, 6) is 0.368. The SMILES string of the molecule is CC(C)(c1ccc(F)cc1)C(O)C1=CCCCO1. The van der Waals surface area contributed by atoms with Crippen LogP contribution in [0.2, 0.25) is 0 Å². The molecule has 18 heavy (non-hydrogen) atoms. The van der Waals surface area contributed by atoms with Gasteiger partial charge in [0.15, 0.2) is 0 Å². The largest absolute Gasteiger partial charge is 0.495 e. The molecule has 1 aliphatic rings. The minimum absolute atomic E-state index is 0.267. The van der Waals surface area contributed by atoms with Crippen molar-refractivity contribution in [3.05, 3.63) is 47.5 Å². The number of halogens is 1. The number of aliphatic hydroxyl groups excluding tert-OH is 1. The number of ether oxygens (including phenoxy) is 1. The van der Waals surface area contributed by atoms with Crippen molar-refractivity contribution in [1.29, 1.82) is 0 Å². The van der Waals surface area contributed by atoms with Crippen LogP contribution in [0.4, 0.5) is 4.39 Å². The van der Waals surface area contributed by atoms with Crippen molar-refractivity contribution in [2.45, 2.75) is 38.2 Å². The number of hydrogen-bond donors (Lipinski definition) is 1. The molecule has 98 valence electrons. The van der Waals surface area contributed by atoms with E-state index < -0.39 is 11.5 Å². The Bertz CT molecular complexity index is 434. The smallest absolute Gasteiger partial charge is 0.123 e. The molecule has 0 aromatic heterocycles. The maximum Gasteiger partial charge on any atom is 0.123 e. The van der Waals surface area contributed by atoms with E-state index in [0.29, 0.717) is 12.4 Å². The molecule has 0 saturated carbocycles. The van der Waals surface area contributed by atoms with Gasteiger partial charge in [0.05, 0.1) is 6.61 Å². The Morgan fingerprint density at radius 3 is 2.50 bits per heavy atom. The summed E-state index contributed by atoms with van der Waals surface area (Å²) in [5.41, 5.74) is 0.392. The number of hydrogen-bond acceptors (Lipinski definition) is 2. The van der Waals surface area contributed by atoms with Gasteiger partial charge in [-0.2, -0.15) is 0 Å². The highest BCUT2D eigenvalue weighted by Crippen LogP contribution is 2.32. The fourth-order valence-corrected chi connectivity index (χ4v) is 2.16. The molecular formula is C15H19FO2. The molecular weight excluding hydrogens is 231 g/mol. The van der Waals surface area contributed by atoms with Gasteiger partial charge in [-0.3, -0.25) is 0 Å². The highest BCUT2D eigenvalue weighted by molar-refractivity contribution is 5.29. The molecule has 0 bridgehead atoms. The minimum atomic E-state index is -0.705. The van der Waals surface area contributed by atoms with Crippen molar-refractivity contribution < 1.29 is 14.2 Å².